The van der Waals surface area contributed by atoms with Crippen LogP contribution in [0.15, 0.2) is 10.6 Å². The Labute approximate surface area is 129 Å². The van der Waals surface area contributed by atoms with E-state index in [0.29, 0.717) is 30.7 Å². The fourth-order valence-electron chi connectivity index (χ4n) is 2.62. The fourth-order valence-corrected chi connectivity index (χ4v) is 2.62. The summed E-state index contributed by atoms with van der Waals surface area (Å²) in [6.07, 6.45) is 0.451. The van der Waals surface area contributed by atoms with Gasteiger partial charge in [0.05, 0.1) is 24.3 Å². The second kappa shape index (κ2) is 7.23. The minimum atomic E-state index is -0.661. The Kier molecular flexibility index (Phi) is 5.34. The van der Waals surface area contributed by atoms with Crippen LogP contribution in [0.5, 0.6) is 0 Å². The molecule has 6 heteroatoms. The molecule has 1 fully saturated rings. The van der Waals surface area contributed by atoms with Crippen LogP contribution in [0.2, 0.25) is 0 Å². The molecule has 0 bridgehead atoms. The normalized spacial score (nSPS) is 20.6. The zero-order valence-electron chi connectivity index (χ0n) is 12.8. The average molecular weight is 304 g/mol. The summed E-state index contributed by atoms with van der Waals surface area (Å²) in [6, 6.07) is 1.13. The van der Waals surface area contributed by atoms with Crippen molar-refractivity contribution in [1.29, 1.82) is 0 Å². The van der Waals surface area contributed by atoms with Crippen LogP contribution in [0.25, 0.3) is 0 Å². The van der Waals surface area contributed by atoms with E-state index in [1.54, 1.807) is 19.9 Å². The third-order valence-corrected chi connectivity index (χ3v) is 3.65. The summed E-state index contributed by atoms with van der Waals surface area (Å²) in [6.45, 7) is 3.68. The van der Waals surface area contributed by atoms with Gasteiger partial charge in [-0.3, -0.25) is 9.59 Å². The van der Waals surface area contributed by atoms with Crippen LogP contribution >= 0.6 is 0 Å². The van der Waals surface area contributed by atoms with E-state index in [1.807, 2.05) is 0 Å². The summed E-state index contributed by atoms with van der Waals surface area (Å²) in [5.41, 5.74) is 0.704. The molecule has 0 aliphatic carbocycles. The highest BCUT2D eigenvalue weighted by atomic mass is 16.5. The van der Waals surface area contributed by atoms with E-state index in [0.717, 1.165) is 0 Å². The molecule has 22 heavy (non-hydrogen) atoms. The van der Waals surface area contributed by atoms with Gasteiger partial charge in [-0.1, -0.05) is 5.16 Å². The van der Waals surface area contributed by atoms with Gasteiger partial charge in [-0.2, -0.15) is 0 Å². The number of aromatic nitrogens is 1. The van der Waals surface area contributed by atoms with Crippen LogP contribution in [0.4, 0.5) is 0 Å². The maximum absolute atomic E-state index is 12.4. The van der Waals surface area contributed by atoms with Crippen LogP contribution in [0.1, 0.15) is 37.6 Å². The monoisotopic (exact) mass is 304 g/mol. The predicted octanol–water partition coefficient (Wildman–Crippen LogP) is 0.860. The third kappa shape index (κ3) is 3.95. The lowest BCUT2D eigenvalue weighted by atomic mass is 10.0. The number of Topliss-reactive ketones (excluding diaryl/α,β-unsaturated/α-hetero) is 1. The van der Waals surface area contributed by atoms with Gasteiger partial charge in [0.2, 0.25) is 5.91 Å². The Hall–Kier alpha value is -2.13. The van der Waals surface area contributed by atoms with Crippen LogP contribution in [0, 0.1) is 18.8 Å². The van der Waals surface area contributed by atoms with Crippen molar-refractivity contribution < 1.29 is 19.2 Å². The minimum Gasteiger partial charge on any atom is -0.391 e. The molecule has 0 unspecified atom stereocenters. The molecule has 1 N–H and O–H groups in total. The third-order valence-electron chi connectivity index (χ3n) is 3.65. The van der Waals surface area contributed by atoms with Crippen molar-refractivity contribution in [1.82, 2.24) is 10.1 Å². The summed E-state index contributed by atoms with van der Waals surface area (Å²) in [5, 5.41) is 13.5. The van der Waals surface area contributed by atoms with Gasteiger partial charge in [0.15, 0.2) is 5.78 Å². The Morgan fingerprint density at radius 2 is 2.32 bits per heavy atom. The first kappa shape index (κ1) is 16.2. The Morgan fingerprint density at radius 3 is 2.95 bits per heavy atom. The van der Waals surface area contributed by atoms with Crippen molar-refractivity contribution in [2.75, 3.05) is 6.54 Å². The van der Waals surface area contributed by atoms with Gasteiger partial charge in [0.1, 0.15) is 5.76 Å². The van der Waals surface area contributed by atoms with Gasteiger partial charge in [0, 0.05) is 31.9 Å². The molecule has 0 saturated carbocycles. The lowest BCUT2D eigenvalue weighted by Crippen LogP contribution is -2.41. The number of aliphatic hydroxyl groups is 1. The van der Waals surface area contributed by atoms with E-state index in [2.05, 4.69) is 17.0 Å². The molecule has 118 valence electrons. The standard InChI is InChI=1S/C16H20N2O4/c1-3-4-5-6-15(20)14-8-12(19)10-18(14)16(21)9-13-7-11(2)17-22-13/h7,12,14,19H,5-6,8-10H2,1-2H3/t12-,14+/m1/s1. The molecule has 2 heterocycles. The molecule has 0 spiro atoms. The van der Waals surface area contributed by atoms with E-state index in [9.17, 15) is 14.7 Å². The maximum Gasteiger partial charge on any atom is 0.231 e. The fraction of sp³-hybridized carbons (Fsp3) is 0.562. The van der Waals surface area contributed by atoms with Gasteiger partial charge in [-0.25, -0.2) is 0 Å². The van der Waals surface area contributed by atoms with Crippen molar-refractivity contribution in [2.45, 2.75) is 51.7 Å². The van der Waals surface area contributed by atoms with Crippen molar-refractivity contribution in [3.8, 4) is 11.8 Å². The van der Waals surface area contributed by atoms with Crippen molar-refractivity contribution in [3.05, 3.63) is 17.5 Å². The molecule has 1 aromatic heterocycles. The van der Waals surface area contributed by atoms with Gasteiger partial charge in [-0.15, -0.1) is 11.8 Å². The second-order valence-corrected chi connectivity index (χ2v) is 5.46. The van der Waals surface area contributed by atoms with E-state index in [4.69, 9.17) is 4.52 Å². The summed E-state index contributed by atoms with van der Waals surface area (Å²) >= 11 is 0. The molecule has 1 aromatic rings. The Morgan fingerprint density at radius 1 is 1.55 bits per heavy atom. The number of amides is 1. The Bertz CT molecular complexity index is 611. The highest BCUT2D eigenvalue weighted by molar-refractivity contribution is 5.90. The molecule has 1 amide bonds. The van der Waals surface area contributed by atoms with E-state index >= 15 is 0 Å². The van der Waals surface area contributed by atoms with Gasteiger partial charge < -0.3 is 14.5 Å². The molecule has 6 nitrogen and oxygen atoms in total. The number of ketones is 1. The van der Waals surface area contributed by atoms with Crippen molar-refractivity contribution >= 4 is 11.7 Å². The molecular formula is C16H20N2O4. The molecule has 0 aromatic carbocycles. The average Bonchev–Trinajstić information content (AvgIpc) is 3.05. The molecular weight excluding hydrogens is 284 g/mol. The lowest BCUT2D eigenvalue weighted by Gasteiger charge is -2.22. The number of nitrogens with zero attached hydrogens (tertiary/aromatic N) is 2. The van der Waals surface area contributed by atoms with E-state index < -0.39 is 12.1 Å². The molecule has 2 rings (SSSR count). The van der Waals surface area contributed by atoms with Gasteiger partial charge in [-0.05, 0) is 13.8 Å². The number of carbonyl (C=O) groups excluding carboxylic acids is 2. The first-order valence-corrected chi connectivity index (χ1v) is 7.33. The highest BCUT2D eigenvalue weighted by Crippen LogP contribution is 2.21. The predicted molar refractivity (Wildman–Crippen MR) is 78.8 cm³/mol. The minimum absolute atomic E-state index is 0.0477. The quantitative estimate of drug-likeness (QED) is 0.816. The number of rotatable bonds is 5. The summed E-state index contributed by atoms with van der Waals surface area (Å²) in [7, 11) is 0. The van der Waals surface area contributed by atoms with Gasteiger partial charge in [0.25, 0.3) is 0 Å². The van der Waals surface area contributed by atoms with Crippen LogP contribution in [0.3, 0.4) is 0 Å². The zero-order valence-corrected chi connectivity index (χ0v) is 12.8. The number of hydrogen-bond donors (Lipinski definition) is 1. The first-order chi connectivity index (χ1) is 10.5. The highest BCUT2D eigenvalue weighted by Gasteiger charge is 2.38. The van der Waals surface area contributed by atoms with Crippen LogP contribution < -0.4 is 0 Å². The maximum atomic E-state index is 12.4. The molecule has 2 atom stereocenters. The SMILES string of the molecule is CC#CCCC(=O)[C@@H]1C[C@@H](O)CN1C(=O)Cc1cc(C)no1. The number of aryl methyl sites for hydroxylation is 1. The lowest BCUT2D eigenvalue weighted by molar-refractivity contribution is -0.137. The van der Waals surface area contributed by atoms with E-state index in [1.165, 1.54) is 4.90 Å². The van der Waals surface area contributed by atoms with E-state index in [-0.39, 0.29) is 24.7 Å². The summed E-state index contributed by atoms with van der Waals surface area (Å²) in [4.78, 5) is 26.0. The van der Waals surface area contributed by atoms with Gasteiger partial charge >= 0.3 is 0 Å². The summed E-state index contributed by atoms with van der Waals surface area (Å²) in [5.74, 6) is 5.76. The first-order valence-electron chi connectivity index (χ1n) is 7.33. The number of carbonyl (C=O) groups is 2. The number of hydrogen-bond acceptors (Lipinski definition) is 5. The van der Waals surface area contributed by atoms with Crippen molar-refractivity contribution in [3.63, 3.8) is 0 Å². The second-order valence-electron chi connectivity index (χ2n) is 5.46. The molecule has 0 radical (unpaired) electrons. The number of β-amino-alcohol motifs (C(OH)–C–C–N with tert-alkyl or cyclic N) is 1. The number of likely N-dealkylation sites (tertiary alicyclic amines) is 1. The molecule has 1 aliphatic rings. The topological polar surface area (TPSA) is 83.6 Å². The van der Waals surface area contributed by atoms with Crippen LogP contribution in [-0.2, 0) is 16.0 Å². The smallest absolute Gasteiger partial charge is 0.231 e. The molecule has 1 aliphatic heterocycles. The summed E-state index contributed by atoms with van der Waals surface area (Å²) < 4.78 is 5.03. The zero-order chi connectivity index (χ0) is 16.1. The number of aliphatic hydroxyl groups excluding tert-OH is 1. The Balaban J connectivity index is 2.01. The molecule has 1 saturated heterocycles. The largest absolute Gasteiger partial charge is 0.391 e. The van der Waals surface area contributed by atoms with Crippen molar-refractivity contribution in [2.24, 2.45) is 0 Å². The van der Waals surface area contributed by atoms with Crippen LogP contribution in [-0.4, -0.2) is 45.5 Å².